The lowest BCUT2D eigenvalue weighted by molar-refractivity contribution is -0.0496. The van der Waals surface area contributed by atoms with Crippen molar-refractivity contribution in [2.75, 3.05) is 13.1 Å². The van der Waals surface area contributed by atoms with E-state index in [-0.39, 0.29) is 0 Å². The molecule has 4 heteroatoms. The van der Waals surface area contributed by atoms with E-state index in [0.717, 1.165) is 18.8 Å². The third-order valence-corrected chi connectivity index (χ3v) is 3.55. The third-order valence-electron chi connectivity index (χ3n) is 3.32. The van der Waals surface area contributed by atoms with Crippen LogP contribution in [0.1, 0.15) is 12.8 Å². The van der Waals surface area contributed by atoms with Crippen molar-refractivity contribution in [3.63, 3.8) is 0 Å². The van der Waals surface area contributed by atoms with Gasteiger partial charge in [-0.25, -0.2) is 4.98 Å². The molecule has 2 heterocycles. The van der Waals surface area contributed by atoms with E-state index in [2.05, 4.69) is 10.3 Å². The Kier molecular flexibility index (Phi) is 2.11. The van der Waals surface area contributed by atoms with Crippen molar-refractivity contribution in [2.24, 2.45) is 5.41 Å². The van der Waals surface area contributed by atoms with Gasteiger partial charge in [-0.15, -0.1) is 0 Å². The number of pyridine rings is 1. The van der Waals surface area contributed by atoms with Crippen LogP contribution in [-0.2, 0) is 0 Å². The monoisotopic (exact) mass is 224 g/mol. The fourth-order valence-corrected chi connectivity index (χ4v) is 2.49. The molecule has 0 radical (unpaired) electrons. The van der Waals surface area contributed by atoms with Gasteiger partial charge < -0.3 is 10.1 Å². The van der Waals surface area contributed by atoms with Gasteiger partial charge in [-0.1, -0.05) is 11.6 Å². The van der Waals surface area contributed by atoms with Gasteiger partial charge in [-0.2, -0.15) is 0 Å². The summed E-state index contributed by atoms with van der Waals surface area (Å²) in [5, 5.41) is 3.82. The molecule has 1 spiro atoms. The summed E-state index contributed by atoms with van der Waals surface area (Å²) in [5.74, 6) is 0.825. The van der Waals surface area contributed by atoms with Crippen molar-refractivity contribution in [1.29, 1.82) is 0 Å². The van der Waals surface area contributed by atoms with Gasteiger partial charge >= 0.3 is 0 Å². The van der Waals surface area contributed by atoms with E-state index in [4.69, 9.17) is 16.3 Å². The van der Waals surface area contributed by atoms with Crippen LogP contribution < -0.4 is 10.1 Å². The normalized spacial score (nSPS) is 23.3. The van der Waals surface area contributed by atoms with Crippen molar-refractivity contribution in [3.8, 4) is 5.75 Å². The molecular weight excluding hydrogens is 212 g/mol. The molecule has 1 N–H and O–H groups in total. The summed E-state index contributed by atoms with van der Waals surface area (Å²) in [4.78, 5) is 3.99. The highest BCUT2D eigenvalue weighted by Gasteiger charge is 2.49. The van der Waals surface area contributed by atoms with Gasteiger partial charge in [0.25, 0.3) is 0 Å². The van der Waals surface area contributed by atoms with Crippen LogP contribution in [0.2, 0.25) is 5.15 Å². The van der Waals surface area contributed by atoms with E-state index < -0.39 is 0 Å². The van der Waals surface area contributed by atoms with Crippen LogP contribution in [0.3, 0.4) is 0 Å². The highest BCUT2D eigenvalue weighted by molar-refractivity contribution is 6.29. The van der Waals surface area contributed by atoms with Crippen molar-refractivity contribution < 1.29 is 4.74 Å². The number of aromatic nitrogens is 1. The Bertz CT molecular complexity index is 353. The van der Waals surface area contributed by atoms with Gasteiger partial charge in [-0.3, -0.25) is 0 Å². The number of hydrogen-bond acceptors (Lipinski definition) is 3. The number of hydrogen-bond donors (Lipinski definition) is 1. The summed E-state index contributed by atoms with van der Waals surface area (Å²) in [7, 11) is 0. The molecule has 1 aliphatic carbocycles. The maximum absolute atomic E-state index is 5.79. The van der Waals surface area contributed by atoms with Gasteiger partial charge in [0.2, 0.25) is 0 Å². The second-order valence-electron chi connectivity index (χ2n) is 4.57. The largest absolute Gasteiger partial charge is 0.489 e. The van der Waals surface area contributed by atoms with E-state index in [0.29, 0.717) is 16.7 Å². The standard InChI is InChI=1S/C11H13ClN2O/c12-10-2-1-8(5-14-10)15-9-3-11(4-9)6-13-7-11/h1-2,5,9,13H,3-4,6-7H2. The van der Waals surface area contributed by atoms with E-state index in [9.17, 15) is 0 Å². The molecule has 1 aromatic heterocycles. The lowest BCUT2D eigenvalue weighted by atomic mass is 9.63. The molecule has 0 unspecified atom stereocenters. The van der Waals surface area contributed by atoms with E-state index in [1.807, 2.05) is 6.07 Å². The van der Waals surface area contributed by atoms with Crippen LogP contribution in [0.4, 0.5) is 0 Å². The Labute approximate surface area is 93.8 Å². The quantitative estimate of drug-likeness (QED) is 0.779. The zero-order valence-corrected chi connectivity index (χ0v) is 9.13. The van der Waals surface area contributed by atoms with Crippen molar-refractivity contribution in [3.05, 3.63) is 23.5 Å². The Balaban J connectivity index is 1.56. The molecular formula is C11H13ClN2O. The average molecular weight is 225 g/mol. The molecule has 0 aromatic carbocycles. The molecule has 1 aliphatic heterocycles. The highest BCUT2D eigenvalue weighted by Crippen LogP contribution is 2.45. The number of nitrogens with zero attached hydrogens (tertiary/aromatic N) is 1. The first kappa shape index (κ1) is 9.43. The minimum atomic E-state index is 0.370. The van der Waals surface area contributed by atoms with Crippen LogP contribution in [0.5, 0.6) is 5.75 Å². The predicted molar refractivity (Wildman–Crippen MR) is 58.2 cm³/mol. The molecule has 1 saturated heterocycles. The lowest BCUT2D eigenvalue weighted by Crippen LogP contribution is -2.62. The van der Waals surface area contributed by atoms with Crippen LogP contribution >= 0.6 is 11.6 Å². The van der Waals surface area contributed by atoms with Crippen LogP contribution in [0, 0.1) is 5.41 Å². The number of nitrogens with one attached hydrogen (secondary N) is 1. The number of rotatable bonds is 2. The predicted octanol–water partition coefficient (Wildman–Crippen LogP) is 1.87. The maximum atomic E-state index is 5.79. The van der Waals surface area contributed by atoms with Gasteiger partial charge in [0.1, 0.15) is 17.0 Å². The van der Waals surface area contributed by atoms with Crippen molar-refractivity contribution in [2.45, 2.75) is 18.9 Å². The minimum absolute atomic E-state index is 0.370. The average Bonchev–Trinajstić information content (AvgIpc) is 2.10. The lowest BCUT2D eigenvalue weighted by Gasteiger charge is -2.53. The molecule has 2 fully saturated rings. The summed E-state index contributed by atoms with van der Waals surface area (Å²) >= 11 is 5.70. The summed E-state index contributed by atoms with van der Waals surface area (Å²) in [6.45, 7) is 2.32. The highest BCUT2D eigenvalue weighted by atomic mass is 35.5. The number of ether oxygens (including phenoxy) is 1. The molecule has 1 aromatic rings. The molecule has 0 atom stereocenters. The first-order valence-electron chi connectivity index (χ1n) is 5.25. The summed E-state index contributed by atoms with van der Waals surface area (Å²) in [5.41, 5.74) is 0.560. The Hall–Kier alpha value is -0.800. The second kappa shape index (κ2) is 3.35. The second-order valence-corrected chi connectivity index (χ2v) is 4.96. The molecule has 3 nitrogen and oxygen atoms in total. The Morgan fingerprint density at radius 3 is 2.73 bits per heavy atom. The van der Waals surface area contributed by atoms with Crippen LogP contribution in [0.25, 0.3) is 0 Å². The smallest absolute Gasteiger partial charge is 0.138 e. The summed E-state index contributed by atoms with van der Waals surface area (Å²) in [6, 6.07) is 3.63. The van der Waals surface area contributed by atoms with Gasteiger partial charge in [0, 0.05) is 18.5 Å². The van der Waals surface area contributed by atoms with Gasteiger partial charge in [-0.05, 0) is 25.0 Å². The zero-order chi connectivity index (χ0) is 10.3. The SMILES string of the molecule is Clc1ccc(OC2CC3(CNC3)C2)cn1. The van der Waals surface area contributed by atoms with Gasteiger partial charge in [0.15, 0.2) is 0 Å². The summed E-state index contributed by atoms with van der Waals surface area (Å²) in [6.07, 6.45) is 4.40. The molecule has 1 saturated carbocycles. The van der Waals surface area contributed by atoms with Crippen molar-refractivity contribution >= 4 is 11.6 Å². The Morgan fingerprint density at radius 2 is 2.20 bits per heavy atom. The van der Waals surface area contributed by atoms with E-state index in [1.54, 1.807) is 12.3 Å². The Morgan fingerprint density at radius 1 is 1.40 bits per heavy atom. The van der Waals surface area contributed by atoms with Crippen LogP contribution in [-0.4, -0.2) is 24.2 Å². The fourth-order valence-electron chi connectivity index (χ4n) is 2.38. The molecule has 2 aliphatic rings. The minimum Gasteiger partial charge on any atom is -0.489 e. The topological polar surface area (TPSA) is 34.1 Å². The van der Waals surface area contributed by atoms with Crippen molar-refractivity contribution in [1.82, 2.24) is 10.3 Å². The maximum Gasteiger partial charge on any atom is 0.138 e. The fraction of sp³-hybridized carbons (Fsp3) is 0.545. The third kappa shape index (κ3) is 1.70. The molecule has 15 heavy (non-hydrogen) atoms. The van der Waals surface area contributed by atoms with E-state index >= 15 is 0 Å². The molecule has 80 valence electrons. The molecule has 0 bridgehead atoms. The first-order chi connectivity index (χ1) is 7.26. The first-order valence-corrected chi connectivity index (χ1v) is 5.63. The zero-order valence-electron chi connectivity index (χ0n) is 8.37. The van der Waals surface area contributed by atoms with E-state index in [1.165, 1.54) is 12.8 Å². The molecule has 3 rings (SSSR count). The van der Waals surface area contributed by atoms with Gasteiger partial charge in [0.05, 0.1) is 6.20 Å². The number of halogens is 1. The summed E-state index contributed by atoms with van der Waals surface area (Å²) < 4.78 is 5.79. The van der Waals surface area contributed by atoms with Crippen LogP contribution in [0.15, 0.2) is 18.3 Å². The molecule has 0 amide bonds.